The number of nitrogens with two attached hydrogens (primary N) is 1. The molecule has 0 radical (unpaired) electrons. The summed E-state index contributed by atoms with van der Waals surface area (Å²) in [5.41, 5.74) is 9.34. The maximum atomic E-state index is 12.6. The fraction of sp³-hybridized carbons (Fsp3) is 0.190. The van der Waals surface area contributed by atoms with Crippen molar-refractivity contribution in [3.63, 3.8) is 0 Å². The minimum absolute atomic E-state index is 0. The number of H-pyrrole nitrogens is 2. The molecule has 10 N–H and O–H groups in total. The zero-order valence-corrected chi connectivity index (χ0v) is 34.3. The van der Waals surface area contributed by atoms with Gasteiger partial charge in [0, 0.05) is 32.6 Å². The Morgan fingerprint density at radius 1 is 0.609 bits per heavy atom. The summed E-state index contributed by atoms with van der Waals surface area (Å²) in [6, 6.07) is 20.2. The lowest BCUT2D eigenvalue weighted by molar-refractivity contribution is -0.138. The smallest absolute Gasteiger partial charge is 0.303 e. The number of hydrogen-bond acceptors (Lipinski definition) is 13. The molecule has 8 rings (SSSR count). The maximum Gasteiger partial charge on any atom is 0.303 e. The first-order valence-electron chi connectivity index (χ1n) is 19.2. The summed E-state index contributed by atoms with van der Waals surface area (Å²) in [6.45, 7) is 0.677. The number of fused-ring (bicyclic) bond motifs is 4. The number of hydrogen-bond donors (Lipinski definition) is 9. The predicted octanol–water partition coefficient (Wildman–Crippen LogP) is 1.73. The normalized spacial score (nSPS) is 12.3. The summed E-state index contributed by atoms with van der Waals surface area (Å²) in [7, 11) is 0. The van der Waals surface area contributed by atoms with Crippen molar-refractivity contribution < 1.29 is 43.3 Å². The lowest BCUT2D eigenvalue weighted by Gasteiger charge is -2.18. The number of anilines is 2. The van der Waals surface area contributed by atoms with E-state index in [4.69, 9.17) is 20.3 Å². The van der Waals surface area contributed by atoms with Gasteiger partial charge in [0.2, 0.25) is 5.91 Å². The van der Waals surface area contributed by atoms with Gasteiger partial charge in [-0.3, -0.25) is 38.4 Å². The largest absolute Gasteiger partial charge is 0.482 e. The van der Waals surface area contributed by atoms with Crippen molar-refractivity contribution in [3.8, 4) is 11.5 Å². The zero-order valence-electron chi connectivity index (χ0n) is 33.5. The van der Waals surface area contributed by atoms with Crippen molar-refractivity contribution in [1.82, 2.24) is 35.9 Å². The maximum absolute atomic E-state index is 12.6. The average molecular weight is 895 g/mol. The molecule has 0 saturated heterocycles. The second kappa shape index (κ2) is 20.1. The van der Waals surface area contributed by atoms with Gasteiger partial charge in [-0.05, 0) is 70.8 Å². The molecule has 4 heterocycles. The molecule has 330 valence electrons. The SMILES string of the molecule is Cl.NCc1ccc2nc(C(=O)NCc3ccc4c(c3)NC(=O)CO4)[nH]c(=O)c2c1.O=C(O)CCC(=O)NCc1ccc2nc(C(=O)NCc3ccc4c(c3)NC(=O)CO4)[nH]c(=O)c2c1. The van der Waals surface area contributed by atoms with Crippen LogP contribution in [0, 0.1) is 0 Å². The summed E-state index contributed by atoms with van der Waals surface area (Å²) in [6.07, 6.45) is -0.410. The van der Waals surface area contributed by atoms with Gasteiger partial charge in [-0.15, -0.1) is 12.4 Å². The molecule has 22 heteroatoms. The van der Waals surface area contributed by atoms with E-state index < -0.39 is 34.8 Å². The number of ether oxygens (including phenoxy) is 2. The van der Waals surface area contributed by atoms with E-state index in [0.717, 1.165) is 11.1 Å². The molecule has 2 aliphatic heterocycles. The Labute approximate surface area is 367 Å². The van der Waals surface area contributed by atoms with Crippen LogP contribution in [0.4, 0.5) is 11.4 Å². The van der Waals surface area contributed by atoms with Crippen LogP contribution in [0.3, 0.4) is 0 Å². The van der Waals surface area contributed by atoms with Crippen LogP contribution in [0.5, 0.6) is 11.5 Å². The van der Waals surface area contributed by atoms with Crippen LogP contribution < -0.4 is 52.9 Å². The molecule has 0 atom stereocenters. The summed E-state index contributed by atoms with van der Waals surface area (Å²) < 4.78 is 10.6. The standard InChI is InChI=1S/C23H21N5O7.C19H17N5O4.ClH/c29-18(5-6-20(31)32)24-9-12-1-3-15-14(7-12)22(33)28-21(27-15)23(34)25-10-13-2-4-17-16(8-13)26-19(30)11-35-17;20-7-10-1-3-13-12(5-10)18(26)24-17(23-13)19(27)21-8-11-2-4-15-14(6-11)22-16(25)9-28-15;/h1-4,7-8H,5-6,9-11H2,(H,24,29)(H,25,34)(H,26,30)(H,31,32)(H,27,28,33);1-6H,7-9,20H2,(H,21,27)(H,22,25)(H,23,24,26);1H. The van der Waals surface area contributed by atoms with Crippen molar-refractivity contribution in [1.29, 1.82) is 0 Å². The van der Waals surface area contributed by atoms with Crippen LogP contribution >= 0.6 is 12.4 Å². The van der Waals surface area contributed by atoms with Gasteiger partial charge in [0.05, 0.1) is 39.6 Å². The lowest BCUT2D eigenvalue weighted by Crippen LogP contribution is -2.28. The number of halogens is 1. The number of carboxylic acids is 1. The molecule has 0 bridgehead atoms. The number of aliphatic carboxylic acids is 1. The molecular weight excluding hydrogens is 856 g/mol. The number of rotatable bonds is 12. The first-order valence-corrected chi connectivity index (χ1v) is 19.2. The van der Waals surface area contributed by atoms with Gasteiger partial charge >= 0.3 is 5.97 Å². The topological polar surface area (TPSA) is 319 Å². The van der Waals surface area contributed by atoms with E-state index in [2.05, 4.69) is 46.5 Å². The molecule has 0 spiro atoms. The van der Waals surface area contributed by atoms with Gasteiger partial charge in [-0.25, -0.2) is 9.97 Å². The van der Waals surface area contributed by atoms with Crippen LogP contribution in [-0.4, -0.2) is 73.8 Å². The van der Waals surface area contributed by atoms with E-state index >= 15 is 0 Å². The highest BCUT2D eigenvalue weighted by atomic mass is 35.5. The Hall–Kier alpha value is -8.17. The molecular formula is C42H39ClN10O11. The van der Waals surface area contributed by atoms with Gasteiger partial charge in [0.1, 0.15) is 11.5 Å². The van der Waals surface area contributed by atoms with Crippen LogP contribution in [0.15, 0.2) is 82.4 Å². The molecule has 2 aliphatic rings. The minimum atomic E-state index is -1.06. The third-order valence-electron chi connectivity index (χ3n) is 9.52. The number of aromatic nitrogens is 4. The Bertz CT molecular complexity index is 2960. The van der Waals surface area contributed by atoms with E-state index in [1.165, 1.54) is 0 Å². The van der Waals surface area contributed by atoms with E-state index in [0.29, 0.717) is 57.0 Å². The monoisotopic (exact) mass is 894 g/mol. The highest BCUT2D eigenvalue weighted by Gasteiger charge is 2.19. The van der Waals surface area contributed by atoms with Crippen molar-refractivity contribution in [2.24, 2.45) is 5.73 Å². The van der Waals surface area contributed by atoms with Crippen LogP contribution in [0.1, 0.15) is 56.3 Å². The molecule has 0 fully saturated rings. The van der Waals surface area contributed by atoms with Gasteiger partial charge in [-0.1, -0.05) is 24.3 Å². The van der Waals surface area contributed by atoms with Crippen LogP contribution in [-0.2, 0) is 45.4 Å². The van der Waals surface area contributed by atoms with Crippen molar-refractivity contribution in [3.05, 3.63) is 127 Å². The second-order valence-corrected chi connectivity index (χ2v) is 14.1. The Morgan fingerprint density at radius 3 is 1.53 bits per heavy atom. The number of nitrogens with zero attached hydrogens (tertiary/aromatic N) is 2. The molecule has 0 saturated carbocycles. The Balaban J connectivity index is 0.000000214. The van der Waals surface area contributed by atoms with Crippen molar-refractivity contribution >= 4 is 81.1 Å². The van der Waals surface area contributed by atoms with Crippen LogP contribution in [0.25, 0.3) is 21.8 Å². The molecule has 5 amide bonds. The minimum Gasteiger partial charge on any atom is -0.482 e. The number of carbonyl (C=O) groups is 6. The lowest BCUT2D eigenvalue weighted by atomic mass is 10.1. The van der Waals surface area contributed by atoms with E-state index in [1.54, 1.807) is 72.8 Å². The first kappa shape index (κ1) is 45.4. The zero-order chi connectivity index (χ0) is 44.6. The first-order chi connectivity index (χ1) is 30.3. The Kier molecular flexibility index (Phi) is 14.3. The van der Waals surface area contributed by atoms with E-state index in [1.807, 2.05) is 0 Å². The van der Waals surface area contributed by atoms with E-state index in [9.17, 15) is 38.4 Å². The molecule has 6 aromatic rings. The molecule has 64 heavy (non-hydrogen) atoms. The summed E-state index contributed by atoms with van der Waals surface area (Å²) in [4.78, 5) is 108. The summed E-state index contributed by atoms with van der Waals surface area (Å²) in [5.74, 6) is -2.19. The van der Waals surface area contributed by atoms with Crippen molar-refractivity contribution in [2.75, 3.05) is 23.8 Å². The van der Waals surface area contributed by atoms with Gasteiger partial charge in [0.15, 0.2) is 24.9 Å². The number of carbonyl (C=O) groups excluding carboxylic acids is 5. The molecule has 0 unspecified atom stereocenters. The van der Waals surface area contributed by atoms with Crippen molar-refractivity contribution in [2.45, 2.75) is 39.0 Å². The van der Waals surface area contributed by atoms with Gasteiger partial charge in [0.25, 0.3) is 34.7 Å². The number of nitrogens with one attached hydrogen (secondary N) is 7. The number of benzene rings is 4. The highest BCUT2D eigenvalue weighted by Crippen LogP contribution is 2.29. The summed E-state index contributed by atoms with van der Waals surface area (Å²) >= 11 is 0. The highest BCUT2D eigenvalue weighted by molar-refractivity contribution is 5.97. The third-order valence-corrected chi connectivity index (χ3v) is 9.52. The van der Waals surface area contributed by atoms with Crippen LogP contribution in [0.2, 0.25) is 0 Å². The molecule has 21 nitrogen and oxygen atoms in total. The quantitative estimate of drug-likeness (QED) is 0.0846. The Morgan fingerprint density at radius 2 is 1.05 bits per heavy atom. The fourth-order valence-electron chi connectivity index (χ4n) is 6.35. The molecule has 4 aromatic carbocycles. The molecule has 0 aliphatic carbocycles. The average Bonchev–Trinajstić information content (AvgIpc) is 3.28. The van der Waals surface area contributed by atoms with Gasteiger partial charge < -0.3 is 56.9 Å². The number of amides is 5. The number of carboxylic acid groups (broad SMARTS) is 1. The second-order valence-electron chi connectivity index (χ2n) is 14.1. The predicted molar refractivity (Wildman–Crippen MR) is 232 cm³/mol. The fourth-order valence-corrected chi connectivity index (χ4v) is 6.35. The number of aromatic amines is 2. The molecule has 2 aromatic heterocycles. The third kappa shape index (κ3) is 11.2. The summed E-state index contributed by atoms with van der Waals surface area (Å²) in [5, 5.41) is 22.6. The van der Waals surface area contributed by atoms with E-state index in [-0.39, 0.29) is 86.9 Å². The van der Waals surface area contributed by atoms with Gasteiger partial charge in [-0.2, -0.15) is 0 Å².